The zero-order valence-corrected chi connectivity index (χ0v) is 12.5. The Kier molecular flexibility index (Phi) is 4.54. The van der Waals surface area contributed by atoms with Crippen molar-refractivity contribution in [3.63, 3.8) is 0 Å². The van der Waals surface area contributed by atoms with Crippen molar-refractivity contribution in [1.29, 1.82) is 0 Å². The summed E-state index contributed by atoms with van der Waals surface area (Å²) in [6.45, 7) is -0.156. The van der Waals surface area contributed by atoms with E-state index in [4.69, 9.17) is 9.52 Å². The van der Waals surface area contributed by atoms with Crippen molar-refractivity contribution >= 4 is 17.4 Å². The Labute approximate surface area is 134 Å². The third-order valence-corrected chi connectivity index (χ3v) is 3.51. The van der Waals surface area contributed by atoms with Gasteiger partial charge in [-0.25, -0.2) is 0 Å². The van der Waals surface area contributed by atoms with Crippen molar-refractivity contribution in [2.24, 2.45) is 0 Å². The van der Waals surface area contributed by atoms with Crippen molar-refractivity contribution in [3.8, 4) is 0 Å². The quantitative estimate of drug-likeness (QED) is 0.677. The van der Waals surface area contributed by atoms with Gasteiger partial charge in [0.25, 0.3) is 0 Å². The lowest BCUT2D eigenvalue weighted by atomic mass is 10.0. The predicted molar refractivity (Wildman–Crippen MR) is 88.8 cm³/mol. The summed E-state index contributed by atoms with van der Waals surface area (Å²) in [5.41, 5.74) is 2.28. The van der Waals surface area contributed by atoms with E-state index in [1.54, 1.807) is 18.2 Å². The smallest absolute Gasteiger partial charge is 0.197 e. The molecule has 0 saturated heterocycles. The number of rotatable bonds is 6. The van der Waals surface area contributed by atoms with E-state index < -0.39 is 0 Å². The van der Waals surface area contributed by atoms with Gasteiger partial charge >= 0.3 is 0 Å². The van der Waals surface area contributed by atoms with Gasteiger partial charge in [0, 0.05) is 18.1 Å². The van der Waals surface area contributed by atoms with Crippen molar-refractivity contribution < 1.29 is 14.3 Å². The molecular formula is C19H17NO3. The molecule has 2 aromatic carbocycles. The number of para-hydroxylation sites is 1. The highest BCUT2D eigenvalue weighted by atomic mass is 16.4. The van der Waals surface area contributed by atoms with Gasteiger partial charge < -0.3 is 14.8 Å². The van der Waals surface area contributed by atoms with E-state index >= 15 is 0 Å². The van der Waals surface area contributed by atoms with E-state index in [9.17, 15) is 4.79 Å². The second kappa shape index (κ2) is 6.94. The van der Waals surface area contributed by atoms with Crippen LogP contribution < -0.4 is 5.32 Å². The Morgan fingerprint density at radius 2 is 1.70 bits per heavy atom. The van der Waals surface area contributed by atoms with Gasteiger partial charge in [0.2, 0.25) is 0 Å². The monoisotopic (exact) mass is 307 g/mol. The molecule has 0 saturated carbocycles. The van der Waals surface area contributed by atoms with E-state index in [1.807, 2.05) is 48.5 Å². The van der Waals surface area contributed by atoms with E-state index in [2.05, 4.69) is 5.32 Å². The number of carbonyl (C=O) groups excluding carboxylic acids is 1. The number of aliphatic hydroxyl groups excluding tert-OH is 1. The van der Waals surface area contributed by atoms with Crippen LogP contribution in [0.5, 0.6) is 0 Å². The summed E-state index contributed by atoms with van der Waals surface area (Å²) >= 11 is 0. The maximum Gasteiger partial charge on any atom is 0.197 e. The average molecular weight is 307 g/mol. The van der Waals surface area contributed by atoms with Gasteiger partial charge in [-0.1, -0.05) is 42.5 Å². The fourth-order valence-corrected chi connectivity index (χ4v) is 2.37. The van der Waals surface area contributed by atoms with Gasteiger partial charge in [-0.3, -0.25) is 4.79 Å². The number of anilines is 2. The predicted octanol–water partition coefficient (Wildman–Crippen LogP) is 3.94. The Balaban J connectivity index is 1.81. The largest absolute Gasteiger partial charge is 0.443 e. The van der Waals surface area contributed by atoms with Gasteiger partial charge in [-0.2, -0.15) is 0 Å². The first kappa shape index (κ1) is 15.1. The number of hydrogen-bond acceptors (Lipinski definition) is 4. The molecule has 4 nitrogen and oxygen atoms in total. The summed E-state index contributed by atoms with van der Waals surface area (Å²) < 4.78 is 5.42. The summed E-state index contributed by atoms with van der Waals surface area (Å²) in [5, 5.41) is 12.1. The molecule has 4 heteroatoms. The van der Waals surface area contributed by atoms with Crippen LogP contribution in [-0.2, 0) is 13.0 Å². The molecule has 3 aromatic rings. The standard InChI is InChI=1S/C19H17NO3/c21-13-15-10-11-19(23-15)20-17-9-5-4-8-16(17)18(22)12-14-6-2-1-3-7-14/h1-11,20-21H,12-13H2. The SMILES string of the molecule is O=C(Cc1ccccc1)c1ccccc1Nc1ccc(CO)o1. The van der Waals surface area contributed by atoms with Crippen molar-refractivity contribution in [1.82, 2.24) is 0 Å². The molecule has 0 atom stereocenters. The van der Waals surface area contributed by atoms with Gasteiger partial charge in [0.1, 0.15) is 12.4 Å². The summed E-state index contributed by atoms with van der Waals surface area (Å²) in [6.07, 6.45) is 0.347. The average Bonchev–Trinajstić information content (AvgIpc) is 3.04. The van der Waals surface area contributed by atoms with Crippen LogP contribution in [-0.4, -0.2) is 10.9 Å². The number of Topliss-reactive ketones (excluding diaryl/α,β-unsaturated/α-hetero) is 1. The Bertz CT molecular complexity index is 793. The zero-order chi connectivity index (χ0) is 16.1. The van der Waals surface area contributed by atoms with Crippen LogP contribution >= 0.6 is 0 Å². The number of nitrogens with one attached hydrogen (secondary N) is 1. The lowest BCUT2D eigenvalue weighted by Gasteiger charge is -2.09. The maximum absolute atomic E-state index is 12.6. The Morgan fingerprint density at radius 3 is 2.43 bits per heavy atom. The topological polar surface area (TPSA) is 62.5 Å². The first-order valence-corrected chi connectivity index (χ1v) is 7.39. The lowest BCUT2D eigenvalue weighted by molar-refractivity contribution is 0.0994. The number of furan rings is 1. The molecule has 0 unspecified atom stereocenters. The minimum Gasteiger partial charge on any atom is -0.443 e. The van der Waals surface area contributed by atoms with Gasteiger partial charge in [0.15, 0.2) is 11.7 Å². The van der Waals surface area contributed by atoms with E-state index in [-0.39, 0.29) is 12.4 Å². The third kappa shape index (κ3) is 3.67. The highest BCUT2D eigenvalue weighted by Gasteiger charge is 2.13. The molecule has 3 rings (SSSR count). The molecule has 0 spiro atoms. The summed E-state index contributed by atoms with van der Waals surface area (Å²) in [4.78, 5) is 12.6. The molecule has 2 N–H and O–H groups in total. The van der Waals surface area contributed by atoms with E-state index in [0.717, 1.165) is 5.56 Å². The Hall–Kier alpha value is -2.85. The highest BCUT2D eigenvalue weighted by molar-refractivity contribution is 6.02. The van der Waals surface area contributed by atoms with Crippen LogP contribution in [0.25, 0.3) is 0 Å². The normalized spacial score (nSPS) is 10.5. The van der Waals surface area contributed by atoms with E-state index in [1.165, 1.54) is 0 Å². The summed E-state index contributed by atoms with van der Waals surface area (Å²) in [6, 6.07) is 20.4. The van der Waals surface area contributed by atoms with Gasteiger partial charge in [0.05, 0.1) is 5.69 Å². The fourth-order valence-electron chi connectivity index (χ4n) is 2.37. The molecule has 0 aliphatic rings. The van der Waals surface area contributed by atoms with Gasteiger partial charge in [-0.05, 0) is 23.8 Å². The highest BCUT2D eigenvalue weighted by Crippen LogP contribution is 2.24. The number of carbonyl (C=O) groups is 1. The minimum absolute atomic E-state index is 0.0354. The maximum atomic E-state index is 12.6. The first-order valence-electron chi connectivity index (χ1n) is 7.39. The fraction of sp³-hybridized carbons (Fsp3) is 0.105. The van der Waals surface area contributed by atoms with Crippen molar-refractivity contribution in [2.75, 3.05) is 5.32 Å². The molecule has 1 heterocycles. The number of aliphatic hydroxyl groups is 1. The van der Waals surface area contributed by atoms with Crippen LogP contribution in [0.1, 0.15) is 21.7 Å². The molecule has 0 aliphatic heterocycles. The van der Waals surface area contributed by atoms with Crippen LogP contribution in [0, 0.1) is 0 Å². The second-order valence-corrected chi connectivity index (χ2v) is 5.18. The second-order valence-electron chi connectivity index (χ2n) is 5.18. The van der Waals surface area contributed by atoms with E-state index in [0.29, 0.717) is 29.3 Å². The number of ketones is 1. The molecule has 1 aromatic heterocycles. The van der Waals surface area contributed by atoms with Crippen molar-refractivity contribution in [3.05, 3.63) is 83.6 Å². The lowest BCUT2D eigenvalue weighted by Crippen LogP contribution is -2.06. The van der Waals surface area contributed by atoms with Crippen LogP contribution in [0.4, 0.5) is 11.6 Å². The minimum atomic E-state index is -0.156. The third-order valence-electron chi connectivity index (χ3n) is 3.51. The molecule has 0 bridgehead atoms. The molecule has 0 fully saturated rings. The number of benzene rings is 2. The Morgan fingerprint density at radius 1 is 0.957 bits per heavy atom. The zero-order valence-electron chi connectivity index (χ0n) is 12.5. The molecule has 23 heavy (non-hydrogen) atoms. The van der Waals surface area contributed by atoms with Crippen molar-refractivity contribution in [2.45, 2.75) is 13.0 Å². The molecular weight excluding hydrogens is 290 g/mol. The number of hydrogen-bond donors (Lipinski definition) is 2. The molecule has 0 aliphatic carbocycles. The first-order chi connectivity index (χ1) is 11.3. The molecule has 0 amide bonds. The van der Waals surface area contributed by atoms with Gasteiger partial charge in [-0.15, -0.1) is 0 Å². The van der Waals surface area contributed by atoms with Crippen LogP contribution in [0.2, 0.25) is 0 Å². The summed E-state index contributed by atoms with van der Waals surface area (Å²) in [7, 11) is 0. The molecule has 116 valence electrons. The molecule has 0 radical (unpaired) electrons. The summed E-state index contributed by atoms with van der Waals surface area (Å²) in [5.74, 6) is 1.00. The van der Waals surface area contributed by atoms with Crippen LogP contribution in [0.3, 0.4) is 0 Å². The van der Waals surface area contributed by atoms with Crippen LogP contribution in [0.15, 0.2) is 71.1 Å².